The Hall–Kier alpha value is -1.99. The molecule has 8 heteroatoms. The fraction of sp³-hybridized carbons (Fsp3) is 0.0833. The predicted molar refractivity (Wildman–Crippen MR) is 75.5 cm³/mol. The van der Waals surface area contributed by atoms with Gasteiger partial charge in [-0.05, 0) is 19.1 Å². The van der Waals surface area contributed by atoms with E-state index in [0.29, 0.717) is 16.5 Å². The molecule has 0 aliphatic rings. The van der Waals surface area contributed by atoms with E-state index in [-0.39, 0.29) is 10.6 Å². The van der Waals surface area contributed by atoms with Gasteiger partial charge in [0, 0.05) is 5.38 Å². The van der Waals surface area contributed by atoms with Crippen LogP contribution in [-0.2, 0) is 0 Å². The minimum atomic E-state index is -0.664. The summed E-state index contributed by atoms with van der Waals surface area (Å²) in [7, 11) is 0. The van der Waals surface area contributed by atoms with E-state index >= 15 is 0 Å². The Morgan fingerprint density at radius 3 is 3.00 bits per heavy atom. The van der Waals surface area contributed by atoms with Gasteiger partial charge in [-0.3, -0.25) is 10.1 Å². The Bertz CT molecular complexity index is 687. The third-order valence-corrected chi connectivity index (χ3v) is 3.58. The van der Waals surface area contributed by atoms with E-state index in [4.69, 9.17) is 16.8 Å². The summed E-state index contributed by atoms with van der Waals surface area (Å²) in [5.74, 6) is -1.23. The topological polar surface area (TPSA) is 74.6 Å². The molecule has 2 rings (SSSR count). The Balaban J connectivity index is 2.20. The second-order valence-electron chi connectivity index (χ2n) is 3.78. The molecule has 5 nitrogen and oxygen atoms in total. The van der Waals surface area contributed by atoms with E-state index in [1.54, 1.807) is 12.3 Å². The smallest absolute Gasteiger partial charge is 0.259 e. The van der Waals surface area contributed by atoms with Crippen LogP contribution in [0.15, 0.2) is 28.7 Å². The van der Waals surface area contributed by atoms with Gasteiger partial charge in [-0.2, -0.15) is 0 Å². The van der Waals surface area contributed by atoms with E-state index in [1.807, 2.05) is 0 Å². The zero-order chi connectivity index (χ0) is 14.7. The van der Waals surface area contributed by atoms with Crippen LogP contribution in [0.5, 0.6) is 0 Å². The summed E-state index contributed by atoms with van der Waals surface area (Å²) < 4.78 is 13.3. The Kier molecular flexibility index (Phi) is 4.31. The van der Waals surface area contributed by atoms with Crippen molar-refractivity contribution in [2.45, 2.75) is 6.92 Å². The number of halogens is 2. The molecule has 0 saturated carbocycles. The molecule has 1 heterocycles. The van der Waals surface area contributed by atoms with Crippen molar-refractivity contribution in [1.29, 1.82) is 0 Å². The normalized spacial score (nSPS) is 11.4. The molecule has 1 amide bonds. The fourth-order valence-electron chi connectivity index (χ4n) is 1.39. The highest BCUT2D eigenvalue weighted by molar-refractivity contribution is 7.14. The molecule has 1 aromatic heterocycles. The average Bonchev–Trinajstić information content (AvgIpc) is 2.89. The van der Waals surface area contributed by atoms with E-state index in [9.17, 15) is 9.18 Å². The third-order valence-electron chi connectivity index (χ3n) is 2.44. The lowest BCUT2D eigenvalue weighted by Crippen LogP contribution is -2.13. The molecule has 104 valence electrons. The van der Waals surface area contributed by atoms with Crippen LogP contribution < -0.4 is 5.32 Å². The second kappa shape index (κ2) is 5.98. The Morgan fingerprint density at radius 1 is 1.55 bits per heavy atom. The number of carbonyl (C=O) groups excluding carboxylic acids is 1. The molecule has 2 N–H and O–H groups in total. The molecule has 0 aliphatic carbocycles. The summed E-state index contributed by atoms with van der Waals surface area (Å²) in [6, 6.07) is 3.98. The van der Waals surface area contributed by atoms with Crippen LogP contribution in [0.2, 0.25) is 5.02 Å². The monoisotopic (exact) mass is 313 g/mol. The van der Waals surface area contributed by atoms with Gasteiger partial charge in [-0.15, -0.1) is 11.3 Å². The first-order valence-electron chi connectivity index (χ1n) is 5.43. The van der Waals surface area contributed by atoms with E-state index in [2.05, 4.69) is 15.5 Å². The molecule has 0 unspecified atom stereocenters. The number of aromatic nitrogens is 1. The summed E-state index contributed by atoms with van der Waals surface area (Å²) in [5, 5.41) is 15.8. The van der Waals surface area contributed by atoms with Gasteiger partial charge in [-0.1, -0.05) is 22.8 Å². The van der Waals surface area contributed by atoms with Crippen molar-refractivity contribution in [2.24, 2.45) is 5.16 Å². The van der Waals surface area contributed by atoms with Gasteiger partial charge in [0.25, 0.3) is 5.91 Å². The van der Waals surface area contributed by atoms with Crippen LogP contribution in [-0.4, -0.2) is 21.8 Å². The molecule has 0 spiro atoms. The number of oxime groups is 1. The quantitative estimate of drug-likeness (QED) is 0.518. The first-order valence-corrected chi connectivity index (χ1v) is 6.68. The van der Waals surface area contributed by atoms with Crippen molar-refractivity contribution in [3.63, 3.8) is 0 Å². The fourth-order valence-corrected chi connectivity index (χ4v) is 2.35. The molecule has 0 saturated heterocycles. The van der Waals surface area contributed by atoms with Crippen molar-refractivity contribution in [3.8, 4) is 0 Å². The summed E-state index contributed by atoms with van der Waals surface area (Å²) in [5.41, 5.74) is 0.791. The molecule has 0 atom stereocenters. The number of anilines is 1. The van der Waals surface area contributed by atoms with Gasteiger partial charge in [0.15, 0.2) is 5.13 Å². The lowest BCUT2D eigenvalue weighted by atomic mass is 10.2. The second-order valence-corrected chi connectivity index (χ2v) is 5.01. The number of amides is 1. The zero-order valence-electron chi connectivity index (χ0n) is 10.2. The highest BCUT2D eigenvalue weighted by Gasteiger charge is 2.15. The van der Waals surface area contributed by atoms with Gasteiger partial charge in [0.05, 0.1) is 10.6 Å². The molecule has 0 radical (unpaired) electrons. The molecule has 0 aliphatic heterocycles. The number of rotatable bonds is 3. The summed E-state index contributed by atoms with van der Waals surface area (Å²) in [4.78, 5) is 16.0. The molecule has 20 heavy (non-hydrogen) atoms. The maximum Gasteiger partial charge on any atom is 0.259 e. The van der Waals surface area contributed by atoms with Crippen LogP contribution in [0.4, 0.5) is 9.52 Å². The van der Waals surface area contributed by atoms with Crippen molar-refractivity contribution < 1.29 is 14.4 Å². The molecular weight excluding hydrogens is 305 g/mol. The van der Waals surface area contributed by atoms with Crippen LogP contribution in [0.1, 0.15) is 23.0 Å². The number of nitrogens with zero attached hydrogens (tertiary/aromatic N) is 2. The van der Waals surface area contributed by atoms with Gasteiger partial charge < -0.3 is 5.21 Å². The van der Waals surface area contributed by atoms with Crippen molar-refractivity contribution in [3.05, 3.63) is 45.7 Å². The number of hydrogen-bond acceptors (Lipinski definition) is 5. The number of nitrogens with one attached hydrogen (secondary N) is 1. The number of benzene rings is 1. The maximum atomic E-state index is 13.3. The van der Waals surface area contributed by atoms with E-state index in [1.165, 1.54) is 18.2 Å². The predicted octanol–water partition coefficient (Wildman–Crippen LogP) is 3.39. The van der Waals surface area contributed by atoms with Crippen LogP contribution in [0.25, 0.3) is 0 Å². The van der Waals surface area contributed by atoms with Crippen molar-refractivity contribution in [2.75, 3.05) is 5.32 Å². The van der Waals surface area contributed by atoms with Crippen molar-refractivity contribution in [1.82, 2.24) is 4.98 Å². The lowest BCUT2D eigenvalue weighted by molar-refractivity contribution is 0.102. The minimum Gasteiger partial charge on any atom is -0.411 e. The Labute approximate surface area is 122 Å². The first kappa shape index (κ1) is 14.4. The van der Waals surface area contributed by atoms with Crippen LogP contribution in [0.3, 0.4) is 0 Å². The summed E-state index contributed by atoms with van der Waals surface area (Å²) in [6.45, 7) is 1.57. The number of carbonyl (C=O) groups is 1. The SMILES string of the molecule is C/C(=N/O)c1csc(NC(=O)c2cccc(F)c2Cl)n1. The lowest BCUT2D eigenvalue weighted by Gasteiger charge is -2.04. The van der Waals surface area contributed by atoms with E-state index < -0.39 is 11.7 Å². The summed E-state index contributed by atoms with van der Waals surface area (Å²) in [6.07, 6.45) is 0. The molecular formula is C12H9ClFN3O2S. The van der Waals surface area contributed by atoms with Crippen molar-refractivity contribution >= 4 is 39.7 Å². The van der Waals surface area contributed by atoms with Gasteiger partial charge >= 0.3 is 0 Å². The van der Waals surface area contributed by atoms with Gasteiger partial charge in [0.1, 0.15) is 17.2 Å². The highest BCUT2D eigenvalue weighted by Crippen LogP contribution is 2.22. The molecule has 0 bridgehead atoms. The number of hydrogen-bond donors (Lipinski definition) is 2. The minimum absolute atomic E-state index is 0.0240. The van der Waals surface area contributed by atoms with Crippen LogP contribution >= 0.6 is 22.9 Å². The van der Waals surface area contributed by atoms with E-state index in [0.717, 1.165) is 11.3 Å². The largest absolute Gasteiger partial charge is 0.411 e. The highest BCUT2D eigenvalue weighted by atomic mass is 35.5. The first-order chi connectivity index (χ1) is 9.52. The molecule has 2 aromatic rings. The number of thiazole rings is 1. The standard InChI is InChI=1S/C12H9ClFN3O2S/c1-6(17-19)9-5-20-12(15-9)16-11(18)7-3-2-4-8(14)10(7)13/h2-5,19H,1H3,(H,15,16,18)/b17-6-. The average molecular weight is 314 g/mol. The molecule has 1 aromatic carbocycles. The van der Waals surface area contributed by atoms with Gasteiger partial charge in [-0.25, -0.2) is 9.37 Å². The van der Waals surface area contributed by atoms with Crippen LogP contribution in [0, 0.1) is 5.82 Å². The summed E-state index contributed by atoms with van der Waals surface area (Å²) >= 11 is 6.88. The third kappa shape index (κ3) is 2.94. The maximum absolute atomic E-state index is 13.3. The zero-order valence-corrected chi connectivity index (χ0v) is 11.8. The molecule has 0 fully saturated rings. The Morgan fingerprint density at radius 2 is 2.30 bits per heavy atom. The van der Waals surface area contributed by atoms with Gasteiger partial charge in [0.2, 0.25) is 0 Å².